The molecule has 0 aliphatic rings. The lowest BCUT2D eigenvalue weighted by Gasteiger charge is -2.10. The first kappa shape index (κ1) is 20.1. The van der Waals surface area contributed by atoms with Crippen molar-refractivity contribution in [1.82, 2.24) is 21.1 Å². The van der Waals surface area contributed by atoms with Crippen molar-refractivity contribution in [1.29, 1.82) is 5.41 Å². The van der Waals surface area contributed by atoms with Crippen molar-refractivity contribution in [2.45, 2.75) is 12.8 Å². The van der Waals surface area contributed by atoms with Gasteiger partial charge < -0.3 is 15.2 Å². The van der Waals surface area contributed by atoms with Gasteiger partial charge in [-0.3, -0.25) is 10.7 Å². The molecule has 8 heteroatoms. The van der Waals surface area contributed by atoms with E-state index in [4.69, 9.17) is 9.93 Å². The largest absolute Gasteiger partial charge is 0.359 e. The average molecular weight is 394 g/mol. The van der Waals surface area contributed by atoms with Gasteiger partial charge in [0.1, 0.15) is 5.82 Å². The smallest absolute Gasteiger partial charge is 0.253 e. The molecule has 3 rings (SSSR count). The Morgan fingerprint density at radius 3 is 2.48 bits per heavy atom. The SMILES string of the molecule is CNC(=N)NC(=Nc1cc(C(C)c2ccc(-c3ccccc3F)cc2)no1)NC. The Balaban J connectivity index is 1.77. The van der Waals surface area contributed by atoms with E-state index in [0.717, 1.165) is 16.8 Å². The van der Waals surface area contributed by atoms with Crippen LogP contribution < -0.4 is 16.0 Å². The maximum Gasteiger partial charge on any atom is 0.253 e. The van der Waals surface area contributed by atoms with Gasteiger partial charge in [0, 0.05) is 31.6 Å². The maximum absolute atomic E-state index is 14.0. The predicted molar refractivity (Wildman–Crippen MR) is 112 cm³/mol. The number of hydrogen-bond donors (Lipinski definition) is 4. The first-order valence-electron chi connectivity index (χ1n) is 9.13. The predicted octanol–water partition coefficient (Wildman–Crippen LogP) is 3.58. The normalized spacial score (nSPS) is 12.3. The van der Waals surface area contributed by atoms with Gasteiger partial charge in [-0.2, -0.15) is 4.99 Å². The molecule has 3 aromatic rings. The van der Waals surface area contributed by atoms with Gasteiger partial charge in [0.05, 0.1) is 5.69 Å². The van der Waals surface area contributed by atoms with E-state index in [-0.39, 0.29) is 17.7 Å². The Labute approximate surface area is 168 Å². The number of nitrogens with one attached hydrogen (secondary N) is 4. The second-order valence-corrected chi connectivity index (χ2v) is 6.37. The summed E-state index contributed by atoms with van der Waals surface area (Å²) in [6.07, 6.45) is 0. The molecule has 0 aliphatic heterocycles. The van der Waals surface area contributed by atoms with Crippen molar-refractivity contribution in [3.8, 4) is 11.1 Å². The maximum atomic E-state index is 14.0. The summed E-state index contributed by atoms with van der Waals surface area (Å²) in [5.41, 5.74) is 3.14. The summed E-state index contributed by atoms with van der Waals surface area (Å²) in [5, 5.41) is 20.0. The summed E-state index contributed by atoms with van der Waals surface area (Å²) in [7, 11) is 3.32. The van der Waals surface area contributed by atoms with E-state index >= 15 is 0 Å². The van der Waals surface area contributed by atoms with E-state index in [9.17, 15) is 4.39 Å². The Hall–Kier alpha value is -3.68. The van der Waals surface area contributed by atoms with Gasteiger partial charge in [0.2, 0.25) is 5.96 Å². The van der Waals surface area contributed by atoms with Crippen LogP contribution in [0.3, 0.4) is 0 Å². The molecular weight excluding hydrogens is 371 g/mol. The number of rotatable bonds is 4. The summed E-state index contributed by atoms with van der Waals surface area (Å²) in [6.45, 7) is 2.01. The van der Waals surface area contributed by atoms with Crippen LogP contribution in [0.4, 0.5) is 10.3 Å². The molecular formula is C21H23FN6O. The van der Waals surface area contributed by atoms with Gasteiger partial charge in [-0.25, -0.2) is 4.39 Å². The number of aromatic nitrogens is 1. The molecule has 0 bridgehead atoms. The Morgan fingerprint density at radius 2 is 1.83 bits per heavy atom. The van der Waals surface area contributed by atoms with Gasteiger partial charge in [-0.15, -0.1) is 0 Å². The van der Waals surface area contributed by atoms with Crippen molar-refractivity contribution < 1.29 is 8.91 Å². The first-order chi connectivity index (χ1) is 14.0. The average Bonchev–Trinajstić information content (AvgIpc) is 3.21. The lowest BCUT2D eigenvalue weighted by Crippen LogP contribution is -2.43. The zero-order valence-corrected chi connectivity index (χ0v) is 16.5. The number of benzene rings is 2. The minimum atomic E-state index is -0.243. The fourth-order valence-electron chi connectivity index (χ4n) is 2.79. The molecule has 0 fully saturated rings. The summed E-state index contributed by atoms with van der Waals surface area (Å²) in [5.74, 6) is 0.497. The molecule has 1 atom stereocenters. The molecule has 0 amide bonds. The van der Waals surface area contributed by atoms with Crippen LogP contribution in [0.15, 0.2) is 64.1 Å². The van der Waals surface area contributed by atoms with E-state index in [1.165, 1.54) is 6.07 Å². The second kappa shape index (κ2) is 9.01. The van der Waals surface area contributed by atoms with Gasteiger partial charge in [0.15, 0.2) is 5.96 Å². The molecule has 1 heterocycles. The van der Waals surface area contributed by atoms with E-state index in [1.54, 1.807) is 32.3 Å². The highest BCUT2D eigenvalue weighted by atomic mass is 19.1. The minimum absolute atomic E-state index is 0.0287. The molecule has 0 spiro atoms. The molecule has 1 unspecified atom stereocenters. The summed E-state index contributed by atoms with van der Waals surface area (Å²) < 4.78 is 19.3. The third-order valence-corrected chi connectivity index (χ3v) is 4.51. The number of hydrogen-bond acceptors (Lipinski definition) is 4. The summed E-state index contributed by atoms with van der Waals surface area (Å²) in [4.78, 5) is 4.27. The summed E-state index contributed by atoms with van der Waals surface area (Å²) >= 11 is 0. The Morgan fingerprint density at radius 1 is 1.10 bits per heavy atom. The zero-order valence-electron chi connectivity index (χ0n) is 16.5. The molecule has 0 radical (unpaired) electrons. The fourth-order valence-corrected chi connectivity index (χ4v) is 2.79. The molecule has 150 valence electrons. The highest BCUT2D eigenvalue weighted by Gasteiger charge is 2.15. The third kappa shape index (κ3) is 4.78. The minimum Gasteiger partial charge on any atom is -0.359 e. The number of halogens is 1. The van der Waals surface area contributed by atoms with E-state index in [0.29, 0.717) is 17.4 Å². The van der Waals surface area contributed by atoms with E-state index in [1.807, 2.05) is 37.3 Å². The van der Waals surface area contributed by atoms with Gasteiger partial charge >= 0.3 is 0 Å². The monoisotopic (exact) mass is 394 g/mol. The molecule has 2 aromatic carbocycles. The highest BCUT2D eigenvalue weighted by molar-refractivity contribution is 5.97. The van der Waals surface area contributed by atoms with Crippen molar-refractivity contribution in [3.05, 3.63) is 71.7 Å². The van der Waals surface area contributed by atoms with Crippen molar-refractivity contribution in [3.63, 3.8) is 0 Å². The number of nitrogens with zero attached hydrogens (tertiary/aromatic N) is 2. The summed E-state index contributed by atoms with van der Waals surface area (Å²) in [6, 6.07) is 16.2. The van der Waals surface area contributed by atoms with Gasteiger partial charge in [-0.1, -0.05) is 54.5 Å². The van der Waals surface area contributed by atoms with Crippen LogP contribution in [0.1, 0.15) is 24.1 Å². The van der Waals surface area contributed by atoms with Gasteiger partial charge in [-0.05, 0) is 17.2 Å². The van der Waals surface area contributed by atoms with Crippen LogP contribution in [-0.2, 0) is 0 Å². The lowest BCUT2D eigenvalue weighted by molar-refractivity contribution is 0.419. The van der Waals surface area contributed by atoms with E-state index < -0.39 is 0 Å². The van der Waals surface area contributed by atoms with Crippen LogP contribution in [-0.4, -0.2) is 31.2 Å². The third-order valence-electron chi connectivity index (χ3n) is 4.51. The van der Waals surface area contributed by atoms with E-state index in [2.05, 4.69) is 26.1 Å². The first-order valence-corrected chi connectivity index (χ1v) is 9.13. The topological polar surface area (TPSA) is 98.3 Å². The van der Waals surface area contributed by atoms with Crippen molar-refractivity contribution >= 4 is 17.8 Å². The molecule has 0 saturated heterocycles. The van der Waals surface area contributed by atoms with Crippen molar-refractivity contribution in [2.24, 2.45) is 4.99 Å². The van der Waals surface area contributed by atoms with Crippen LogP contribution in [0, 0.1) is 11.2 Å². The molecule has 7 nitrogen and oxygen atoms in total. The standard InChI is InChI=1S/C21H23FN6O/c1-13(14-8-10-15(11-9-14)16-6-4-5-7-17(16)22)18-12-19(29-28-18)26-21(25-3)27-20(23)24-2/h4-13H,1-3H3,(H4,23,24,25,26,27). The zero-order chi connectivity index (χ0) is 20.8. The van der Waals surface area contributed by atoms with Crippen LogP contribution >= 0.6 is 0 Å². The van der Waals surface area contributed by atoms with Gasteiger partial charge in [0.25, 0.3) is 5.88 Å². The van der Waals surface area contributed by atoms with Crippen LogP contribution in [0.2, 0.25) is 0 Å². The molecule has 29 heavy (non-hydrogen) atoms. The molecule has 1 aromatic heterocycles. The molecule has 4 N–H and O–H groups in total. The Kier molecular flexibility index (Phi) is 6.23. The molecule has 0 aliphatic carbocycles. The van der Waals surface area contributed by atoms with Crippen LogP contribution in [0.25, 0.3) is 11.1 Å². The highest BCUT2D eigenvalue weighted by Crippen LogP contribution is 2.29. The quantitative estimate of drug-likeness (QED) is 0.400. The second-order valence-electron chi connectivity index (χ2n) is 6.37. The number of aliphatic imine (C=N–C) groups is 1. The Bertz CT molecular complexity index is 1010. The lowest BCUT2D eigenvalue weighted by atomic mass is 9.95. The number of guanidine groups is 2. The van der Waals surface area contributed by atoms with Crippen LogP contribution in [0.5, 0.6) is 0 Å². The van der Waals surface area contributed by atoms with Crippen molar-refractivity contribution in [2.75, 3.05) is 14.1 Å². The fraction of sp³-hybridized carbons (Fsp3) is 0.190. The molecule has 0 saturated carbocycles.